The van der Waals surface area contributed by atoms with E-state index in [4.69, 9.17) is 20.8 Å². The molecule has 2 aromatic carbocycles. The third kappa shape index (κ3) is 6.02. The van der Waals surface area contributed by atoms with Crippen LogP contribution >= 0.6 is 11.6 Å². The van der Waals surface area contributed by atoms with Crippen LogP contribution in [-0.4, -0.2) is 58.5 Å². The summed E-state index contributed by atoms with van der Waals surface area (Å²) in [5.74, 6) is -1.61. The van der Waals surface area contributed by atoms with Crippen molar-refractivity contribution in [3.8, 4) is 17.2 Å². The summed E-state index contributed by atoms with van der Waals surface area (Å²) in [6, 6.07) is 6.62. The Morgan fingerprint density at radius 3 is 2.51 bits per heavy atom. The van der Waals surface area contributed by atoms with Crippen molar-refractivity contribution in [2.45, 2.75) is 12.7 Å². The molecule has 35 heavy (non-hydrogen) atoms. The Balaban J connectivity index is 1.46. The molecule has 2 N–H and O–H groups in total. The van der Waals surface area contributed by atoms with E-state index in [1.165, 1.54) is 12.1 Å². The van der Waals surface area contributed by atoms with E-state index < -0.39 is 17.5 Å². The monoisotopic (exact) mass is 512 g/mol. The van der Waals surface area contributed by atoms with Crippen molar-refractivity contribution in [2.75, 3.05) is 38.2 Å². The Kier molecular flexibility index (Phi) is 7.15. The van der Waals surface area contributed by atoms with Gasteiger partial charge in [-0.3, -0.25) is 9.69 Å². The van der Waals surface area contributed by atoms with Gasteiger partial charge in [-0.15, -0.1) is 5.10 Å². The molecule has 4 rings (SSSR count). The van der Waals surface area contributed by atoms with E-state index in [1.807, 2.05) is 4.90 Å². The number of ether oxygens (including phenoxy) is 1. The number of aromatic hydroxyl groups is 1. The molecule has 1 aliphatic rings. The summed E-state index contributed by atoms with van der Waals surface area (Å²) in [6.07, 6.45) is -4.50. The number of carbonyl (C=O) groups is 1. The average Bonchev–Trinajstić information content (AvgIpc) is 3.17. The highest BCUT2D eigenvalue weighted by Crippen LogP contribution is 2.32. The molecule has 2 heterocycles. The lowest BCUT2D eigenvalue weighted by Crippen LogP contribution is -2.41. The van der Waals surface area contributed by atoms with Gasteiger partial charge < -0.3 is 19.6 Å². The van der Waals surface area contributed by atoms with Crippen LogP contribution in [0.25, 0.3) is 11.5 Å². The van der Waals surface area contributed by atoms with Crippen molar-refractivity contribution < 1.29 is 32.2 Å². The van der Waals surface area contributed by atoms with Crippen LogP contribution < -0.4 is 11.1 Å². The molecular weight excluding hydrogens is 493 g/mol. The minimum atomic E-state index is -4.50. The average molecular weight is 513 g/mol. The number of aromatic nitrogens is 2. The highest BCUT2D eigenvalue weighted by molar-refractivity contribution is 6.33. The molecule has 9 nitrogen and oxygen atoms in total. The van der Waals surface area contributed by atoms with Crippen LogP contribution in [-0.2, 0) is 22.3 Å². The normalized spacial score (nSPS) is 14.7. The number of hydrogen-bond donors (Lipinski definition) is 2. The molecule has 1 fully saturated rings. The van der Waals surface area contributed by atoms with E-state index in [-0.39, 0.29) is 52.5 Å². The van der Waals surface area contributed by atoms with Crippen LogP contribution in [0.15, 0.2) is 45.6 Å². The molecule has 1 aromatic heterocycles. The maximum atomic E-state index is 12.7. The smallest absolute Gasteiger partial charge is 0.437 e. The Morgan fingerprint density at radius 1 is 1.17 bits per heavy atom. The van der Waals surface area contributed by atoms with Gasteiger partial charge in [-0.05, 0) is 30.3 Å². The first-order valence-corrected chi connectivity index (χ1v) is 10.8. The summed E-state index contributed by atoms with van der Waals surface area (Å²) < 4.78 is 49.4. The van der Waals surface area contributed by atoms with Crippen molar-refractivity contribution in [2.24, 2.45) is 0 Å². The zero-order valence-corrected chi connectivity index (χ0v) is 18.9. The van der Waals surface area contributed by atoms with Crippen molar-refractivity contribution in [3.05, 3.63) is 63.1 Å². The van der Waals surface area contributed by atoms with Gasteiger partial charge in [-0.25, -0.2) is 4.79 Å². The number of morpholine rings is 1. The standard InChI is InChI=1S/C22H20ClF3N4O5/c23-16-9-14(18(31)10-17(16)27-19(32)12-29-5-7-34-8-6-29)11-30-21(33)35-20(28-30)13-1-3-15(4-2-13)22(24,25)26/h1-4,9-10,31H,5-8,11-12H2,(H,27,32). The van der Waals surface area contributed by atoms with E-state index in [0.717, 1.165) is 28.9 Å². The highest BCUT2D eigenvalue weighted by Gasteiger charge is 2.30. The third-order valence-electron chi connectivity index (χ3n) is 5.30. The predicted octanol–water partition coefficient (Wildman–Crippen LogP) is 3.20. The number of amides is 1. The first-order valence-electron chi connectivity index (χ1n) is 10.5. The molecule has 0 spiro atoms. The number of carbonyl (C=O) groups excluding carboxylic acids is 1. The minimum absolute atomic E-state index is 0.132. The van der Waals surface area contributed by atoms with Gasteiger partial charge in [-0.1, -0.05) is 11.6 Å². The molecule has 0 aliphatic carbocycles. The van der Waals surface area contributed by atoms with Gasteiger partial charge in [0, 0.05) is 30.3 Å². The lowest BCUT2D eigenvalue weighted by Gasteiger charge is -2.25. The van der Waals surface area contributed by atoms with Crippen molar-refractivity contribution in [1.29, 1.82) is 0 Å². The van der Waals surface area contributed by atoms with Crippen LogP contribution in [0.4, 0.5) is 18.9 Å². The number of nitrogens with one attached hydrogen (secondary N) is 1. The van der Waals surface area contributed by atoms with Gasteiger partial charge in [0.15, 0.2) is 0 Å². The van der Waals surface area contributed by atoms with Gasteiger partial charge >= 0.3 is 11.9 Å². The van der Waals surface area contributed by atoms with Crippen molar-refractivity contribution in [3.63, 3.8) is 0 Å². The minimum Gasteiger partial charge on any atom is -0.508 e. The summed E-state index contributed by atoms with van der Waals surface area (Å²) in [5.41, 5.74) is -0.256. The Labute approximate surface area is 201 Å². The summed E-state index contributed by atoms with van der Waals surface area (Å²) in [5, 5.41) is 17.2. The fourth-order valence-electron chi connectivity index (χ4n) is 3.46. The summed E-state index contributed by atoms with van der Waals surface area (Å²) in [6.45, 7) is 2.27. The van der Waals surface area contributed by atoms with E-state index in [0.29, 0.717) is 26.3 Å². The van der Waals surface area contributed by atoms with Crippen LogP contribution in [0.5, 0.6) is 5.75 Å². The number of alkyl halides is 3. The Morgan fingerprint density at radius 2 is 1.86 bits per heavy atom. The second kappa shape index (κ2) is 10.1. The molecule has 0 atom stereocenters. The first-order chi connectivity index (χ1) is 16.6. The Bertz CT molecular complexity index is 1270. The summed E-state index contributed by atoms with van der Waals surface area (Å²) in [4.78, 5) is 26.4. The van der Waals surface area contributed by atoms with Crippen LogP contribution in [0.1, 0.15) is 11.1 Å². The quantitative estimate of drug-likeness (QED) is 0.522. The molecule has 13 heteroatoms. The van der Waals surface area contributed by atoms with E-state index in [1.54, 1.807) is 0 Å². The second-order valence-electron chi connectivity index (χ2n) is 7.80. The van der Waals surface area contributed by atoms with Gasteiger partial charge in [0.1, 0.15) is 5.75 Å². The summed E-state index contributed by atoms with van der Waals surface area (Å²) in [7, 11) is 0. The van der Waals surface area contributed by atoms with Gasteiger partial charge in [-0.2, -0.15) is 17.9 Å². The van der Waals surface area contributed by atoms with Crippen molar-refractivity contribution in [1.82, 2.24) is 14.7 Å². The molecule has 186 valence electrons. The first kappa shape index (κ1) is 24.8. The molecule has 1 amide bonds. The number of halogens is 4. The van der Waals surface area contributed by atoms with Crippen LogP contribution in [0.2, 0.25) is 5.02 Å². The van der Waals surface area contributed by atoms with Gasteiger partial charge in [0.05, 0.1) is 42.6 Å². The highest BCUT2D eigenvalue weighted by atomic mass is 35.5. The topological polar surface area (TPSA) is 110 Å². The molecule has 0 radical (unpaired) electrons. The fourth-order valence-corrected chi connectivity index (χ4v) is 3.70. The molecular formula is C22H20ClF3N4O5. The van der Waals surface area contributed by atoms with Crippen molar-refractivity contribution >= 4 is 23.2 Å². The molecule has 0 bridgehead atoms. The maximum absolute atomic E-state index is 12.7. The number of anilines is 1. The Hall–Kier alpha value is -3.35. The maximum Gasteiger partial charge on any atom is 0.437 e. The number of phenols is 1. The van der Waals surface area contributed by atoms with Crippen LogP contribution in [0.3, 0.4) is 0 Å². The number of hydrogen-bond acceptors (Lipinski definition) is 7. The SMILES string of the molecule is O=C(CN1CCOCC1)Nc1cc(O)c(Cn2nc(-c3ccc(C(F)(F)F)cc3)oc2=O)cc1Cl. The molecule has 0 saturated carbocycles. The zero-order chi connectivity index (χ0) is 25.2. The van der Waals surface area contributed by atoms with E-state index >= 15 is 0 Å². The second-order valence-corrected chi connectivity index (χ2v) is 8.21. The number of nitrogens with zero attached hydrogens (tertiary/aromatic N) is 3. The van der Waals surface area contributed by atoms with Crippen LogP contribution in [0, 0.1) is 0 Å². The third-order valence-corrected chi connectivity index (χ3v) is 5.61. The molecule has 3 aromatic rings. The molecule has 0 unspecified atom stereocenters. The number of phenolic OH excluding ortho intramolecular Hbond substituents is 1. The molecule has 1 saturated heterocycles. The van der Waals surface area contributed by atoms with Gasteiger partial charge in [0.2, 0.25) is 11.8 Å². The van der Waals surface area contributed by atoms with E-state index in [9.17, 15) is 27.9 Å². The lowest BCUT2D eigenvalue weighted by atomic mass is 10.1. The number of rotatable bonds is 6. The largest absolute Gasteiger partial charge is 0.508 e. The molecule has 1 aliphatic heterocycles. The number of benzene rings is 2. The summed E-state index contributed by atoms with van der Waals surface area (Å²) >= 11 is 6.26. The predicted molar refractivity (Wildman–Crippen MR) is 119 cm³/mol. The lowest BCUT2D eigenvalue weighted by molar-refractivity contribution is -0.137. The van der Waals surface area contributed by atoms with E-state index in [2.05, 4.69) is 10.4 Å². The van der Waals surface area contributed by atoms with Gasteiger partial charge in [0.25, 0.3) is 0 Å². The fraction of sp³-hybridized carbons (Fsp3) is 0.318. The zero-order valence-electron chi connectivity index (χ0n) is 18.1.